The summed E-state index contributed by atoms with van der Waals surface area (Å²) in [6.45, 7) is 1.66. The Kier molecular flexibility index (Phi) is 4.28. The van der Waals surface area contributed by atoms with Crippen molar-refractivity contribution < 1.29 is 4.79 Å². The average Bonchev–Trinajstić information content (AvgIpc) is 2.83. The Labute approximate surface area is 109 Å². The predicted octanol–water partition coefficient (Wildman–Crippen LogP) is 1.97. The lowest BCUT2D eigenvalue weighted by Crippen LogP contribution is -2.20. The molecular weight excluding hydrogens is 258 g/mol. The molecule has 17 heavy (non-hydrogen) atoms. The zero-order chi connectivity index (χ0) is 12.1. The molecule has 1 aliphatic heterocycles. The maximum absolute atomic E-state index is 11.6. The largest absolute Gasteiger partial charge is 0.363 e. The standard InChI is InChI=1S/C11H12ClN3OS/c12-8-1-3-9(4-2-8)15-10(16)7-17-11-13-5-6-14-11/h1-4H,5-7H2,(H,13,14)(H,15,16). The lowest BCUT2D eigenvalue weighted by Gasteiger charge is -2.05. The first-order valence-electron chi connectivity index (χ1n) is 5.20. The number of halogens is 1. The van der Waals surface area contributed by atoms with E-state index >= 15 is 0 Å². The number of amidine groups is 1. The van der Waals surface area contributed by atoms with E-state index in [1.165, 1.54) is 11.8 Å². The summed E-state index contributed by atoms with van der Waals surface area (Å²) in [7, 11) is 0. The summed E-state index contributed by atoms with van der Waals surface area (Å²) < 4.78 is 0. The van der Waals surface area contributed by atoms with Gasteiger partial charge in [-0.05, 0) is 24.3 Å². The molecule has 1 amide bonds. The van der Waals surface area contributed by atoms with Gasteiger partial charge in [0.05, 0.1) is 12.3 Å². The molecule has 6 heteroatoms. The van der Waals surface area contributed by atoms with Crippen LogP contribution in [-0.2, 0) is 4.79 Å². The van der Waals surface area contributed by atoms with Crippen molar-refractivity contribution in [3.63, 3.8) is 0 Å². The van der Waals surface area contributed by atoms with E-state index in [0.29, 0.717) is 10.8 Å². The second-order valence-electron chi connectivity index (χ2n) is 3.46. The molecule has 4 nitrogen and oxygen atoms in total. The number of rotatable bonds is 3. The first kappa shape index (κ1) is 12.3. The molecule has 0 fully saturated rings. The van der Waals surface area contributed by atoms with Gasteiger partial charge in [0.2, 0.25) is 5.91 Å². The van der Waals surface area contributed by atoms with Gasteiger partial charge in [0.15, 0.2) is 5.17 Å². The summed E-state index contributed by atoms with van der Waals surface area (Å²) in [5.74, 6) is 0.308. The third-order valence-corrected chi connectivity index (χ3v) is 3.32. The van der Waals surface area contributed by atoms with Crippen LogP contribution in [0.1, 0.15) is 0 Å². The average molecular weight is 270 g/mol. The van der Waals surface area contributed by atoms with Gasteiger partial charge in [-0.3, -0.25) is 9.79 Å². The van der Waals surface area contributed by atoms with E-state index in [1.807, 2.05) is 0 Å². The summed E-state index contributed by atoms with van der Waals surface area (Å²) in [5, 5.41) is 7.39. The topological polar surface area (TPSA) is 53.5 Å². The van der Waals surface area contributed by atoms with E-state index in [0.717, 1.165) is 23.9 Å². The van der Waals surface area contributed by atoms with Crippen LogP contribution in [0.25, 0.3) is 0 Å². The molecule has 2 rings (SSSR count). The van der Waals surface area contributed by atoms with E-state index in [9.17, 15) is 4.79 Å². The van der Waals surface area contributed by atoms with Crippen molar-refractivity contribution in [2.75, 3.05) is 24.2 Å². The molecule has 1 aromatic carbocycles. The van der Waals surface area contributed by atoms with Crippen LogP contribution >= 0.6 is 23.4 Å². The van der Waals surface area contributed by atoms with Crippen molar-refractivity contribution in [2.45, 2.75) is 0 Å². The third kappa shape index (κ3) is 3.94. The van der Waals surface area contributed by atoms with Crippen LogP contribution in [0.3, 0.4) is 0 Å². The number of thioether (sulfide) groups is 1. The monoisotopic (exact) mass is 269 g/mol. The highest BCUT2D eigenvalue weighted by Crippen LogP contribution is 2.14. The number of anilines is 1. The van der Waals surface area contributed by atoms with Gasteiger partial charge in [0.25, 0.3) is 0 Å². The van der Waals surface area contributed by atoms with E-state index < -0.39 is 0 Å². The number of carbonyl (C=O) groups excluding carboxylic acids is 1. The number of hydrogen-bond acceptors (Lipinski definition) is 4. The SMILES string of the molecule is O=C(CSC1=NCCN1)Nc1ccc(Cl)cc1. The molecule has 0 unspecified atom stereocenters. The highest BCUT2D eigenvalue weighted by atomic mass is 35.5. The molecule has 1 aromatic rings. The summed E-state index contributed by atoms with van der Waals surface area (Å²) in [4.78, 5) is 15.8. The maximum atomic E-state index is 11.6. The van der Waals surface area contributed by atoms with E-state index in [-0.39, 0.29) is 5.91 Å². The third-order valence-electron chi connectivity index (χ3n) is 2.11. The number of amides is 1. The van der Waals surface area contributed by atoms with Gasteiger partial charge in [-0.15, -0.1) is 0 Å². The number of benzene rings is 1. The van der Waals surface area contributed by atoms with Gasteiger partial charge in [-0.1, -0.05) is 23.4 Å². The van der Waals surface area contributed by atoms with Gasteiger partial charge >= 0.3 is 0 Å². The second-order valence-corrected chi connectivity index (χ2v) is 4.86. The number of hydrogen-bond donors (Lipinski definition) is 2. The molecule has 1 aliphatic rings. The van der Waals surface area contributed by atoms with Crippen molar-refractivity contribution >= 4 is 40.1 Å². The Morgan fingerprint density at radius 3 is 2.88 bits per heavy atom. The highest BCUT2D eigenvalue weighted by Gasteiger charge is 2.09. The fourth-order valence-corrected chi connectivity index (χ4v) is 2.19. The second kappa shape index (κ2) is 5.93. The van der Waals surface area contributed by atoms with Crippen molar-refractivity contribution in [1.82, 2.24) is 5.32 Å². The quantitative estimate of drug-likeness (QED) is 0.882. The van der Waals surface area contributed by atoms with Gasteiger partial charge in [0, 0.05) is 17.3 Å². The summed E-state index contributed by atoms with van der Waals surface area (Å²) in [6.07, 6.45) is 0. The molecule has 1 heterocycles. The number of nitrogens with one attached hydrogen (secondary N) is 2. The maximum Gasteiger partial charge on any atom is 0.234 e. The zero-order valence-electron chi connectivity index (χ0n) is 9.07. The predicted molar refractivity (Wildman–Crippen MR) is 72.8 cm³/mol. The van der Waals surface area contributed by atoms with E-state index in [1.54, 1.807) is 24.3 Å². The van der Waals surface area contributed by atoms with Crippen molar-refractivity contribution in [2.24, 2.45) is 4.99 Å². The van der Waals surface area contributed by atoms with Crippen LogP contribution in [0, 0.1) is 0 Å². The van der Waals surface area contributed by atoms with E-state index in [2.05, 4.69) is 15.6 Å². The Hall–Kier alpha value is -1.20. The summed E-state index contributed by atoms with van der Waals surface area (Å²) in [6, 6.07) is 7.03. The molecule has 0 saturated carbocycles. The first-order chi connectivity index (χ1) is 8.24. The minimum atomic E-state index is -0.0475. The minimum Gasteiger partial charge on any atom is -0.363 e. The molecule has 0 bridgehead atoms. The van der Waals surface area contributed by atoms with Crippen molar-refractivity contribution in [3.05, 3.63) is 29.3 Å². The molecule has 2 N–H and O–H groups in total. The summed E-state index contributed by atoms with van der Waals surface area (Å²) in [5.41, 5.74) is 0.751. The van der Waals surface area contributed by atoms with Crippen LogP contribution in [0.4, 0.5) is 5.69 Å². The Bertz CT molecular complexity index is 433. The fourth-order valence-electron chi connectivity index (χ4n) is 1.34. The summed E-state index contributed by atoms with van der Waals surface area (Å²) >= 11 is 7.17. The molecule has 0 aromatic heterocycles. The Morgan fingerprint density at radius 1 is 1.47 bits per heavy atom. The van der Waals surface area contributed by atoms with Crippen LogP contribution < -0.4 is 10.6 Å². The number of carbonyl (C=O) groups is 1. The Balaban J connectivity index is 1.78. The normalized spacial score (nSPS) is 14.1. The van der Waals surface area contributed by atoms with Crippen LogP contribution in [0.5, 0.6) is 0 Å². The molecule has 0 spiro atoms. The Morgan fingerprint density at radius 2 is 2.24 bits per heavy atom. The van der Waals surface area contributed by atoms with E-state index in [4.69, 9.17) is 11.6 Å². The fraction of sp³-hybridized carbons (Fsp3) is 0.273. The van der Waals surface area contributed by atoms with Gasteiger partial charge in [-0.2, -0.15) is 0 Å². The minimum absolute atomic E-state index is 0.0475. The molecule has 0 aliphatic carbocycles. The lowest BCUT2D eigenvalue weighted by molar-refractivity contribution is -0.113. The highest BCUT2D eigenvalue weighted by molar-refractivity contribution is 8.14. The van der Waals surface area contributed by atoms with Gasteiger partial charge in [0.1, 0.15) is 0 Å². The van der Waals surface area contributed by atoms with Crippen LogP contribution in [-0.4, -0.2) is 29.9 Å². The number of aliphatic imine (C=N–C) groups is 1. The molecule has 0 radical (unpaired) electrons. The molecular formula is C11H12ClN3OS. The molecule has 0 atom stereocenters. The van der Waals surface area contributed by atoms with Gasteiger partial charge < -0.3 is 10.6 Å². The first-order valence-corrected chi connectivity index (χ1v) is 6.57. The lowest BCUT2D eigenvalue weighted by atomic mass is 10.3. The van der Waals surface area contributed by atoms with Gasteiger partial charge in [-0.25, -0.2) is 0 Å². The molecule has 0 saturated heterocycles. The van der Waals surface area contributed by atoms with Crippen LogP contribution in [0.2, 0.25) is 5.02 Å². The van der Waals surface area contributed by atoms with Crippen molar-refractivity contribution in [3.8, 4) is 0 Å². The zero-order valence-corrected chi connectivity index (χ0v) is 10.6. The van der Waals surface area contributed by atoms with Crippen LogP contribution in [0.15, 0.2) is 29.3 Å². The molecule has 90 valence electrons. The number of nitrogens with zero attached hydrogens (tertiary/aromatic N) is 1. The van der Waals surface area contributed by atoms with Crippen molar-refractivity contribution in [1.29, 1.82) is 0 Å². The smallest absolute Gasteiger partial charge is 0.234 e.